The summed E-state index contributed by atoms with van der Waals surface area (Å²) >= 11 is 0. The monoisotopic (exact) mass is 358 g/mol. The Labute approximate surface area is 150 Å². The van der Waals surface area contributed by atoms with Crippen LogP contribution in [0.25, 0.3) is 0 Å². The first-order chi connectivity index (χ1) is 12.5. The molecule has 0 aromatic heterocycles. The van der Waals surface area contributed by atoms with E-state index in [1.165, 1.54) is 39.5 Å². The normalized spacial score (nSPS) is 9.81. The zero-order valence-electron chi connectivity index (χ0n) is 14.5. The van der Waals surface area contributed by atoms with Gasteiger partial charge in [-0.3, -0.25) is 9.59 Å². The molecule has 0 atom stereocenters. The van der Waals surface area contributed by atoms with Gasteiger partial charge in [-0.2, -0.15) is 0 Å². The van der Waals surface area contributed by atoms with Crippen LogP contribution in [0.15, 0.2) is 42.5 Å². The Morgan fingerprint density at radius 1 is 0.846 bits per heavy atom. The second-order valence-electron chi connectivity index (χ2n) is 5.05. The predicted molar refractivity (Wildman–Crippen MR) is 94.6 cm³/mol. The molecular formula is C18H18N2O6. The fourth-order valence-corrected chi connectivity index (χ4v) is 2.12. The van der Waals surface area contributed by atoms with Crippen LogP contribution in [0.5, 0.6) is 11.5 Å². The van der Waals surface area contributed by atoms with Crippen LogP contribution < -0.4 is 20.1 Å². The lowest BCUT2D eigenvalue weighted by Crippen LogP contribution is -2.29. The Morgan fingerprint density at radius 3 is 2.23 bits per heavy atom. The molecule has 2 N–H and O–H groups in total. The Bertz CT molecular complexity index is 834. The third-order valence-corrected chi connectivity index (χ3v) is 3.40. The molecule has 0 fully saturated rings. The largest absolute Gasteiger partial charge is 0.497 e. The average Bonchev–Trinajstić information content (AvgIpc) is 2.67. The van der Waals surface area contributed by atoms with Gasteiger partial charge in [0.05, 0.1) is 32.6 Å². The van der Waals surface area contributed by atoms with Gasteiger partial charge in [-0.15, -0.1) is 0 Å². The third-order valence-electron chi connectivity index (χ3n) is 3.40. The molecule has 0 aliphatic rings. The Kier molecular flexibility index (Phi) is 6.15. The van der Waals surface area contributed by atoms with Gasteiger partial charge in [-0.25, -0.2) is 4.79 Å². The smallest absolute Gasteiger partial charge is 0.337 e. The van der Waals surface area contributed by atoms with Gasteiger partial charge in [0.1, 0.15) is 11.5 Å². The minimum Gasteiger partial charge on any atom is -0.497 e. The van der Waals surface area contributed by atoms with Crippen LogP contribution in [-0.4, -0.2) is 39.1 Å². The number of hydrogen-bond donors (Lipinski definition) is 2. The van der Waals surface area contributed by atoms with E-state index in [2.05, 4.69) is 15.4 Å². The summed E-state index contributed by atoms with van der Waals surface area (Å²) in [7, 11) is 4.17. The standard InChI is InChI=1S/C18H18N2O6/c1-24-13-7-8-15(25-2)14(10-13)20-17(22)16(21)19-12-6-4-5-11(9-12)18(23)26-3/h4-10H,1-3H3,(H,19,21)(H,20,22). The van der Waals surface area contributed by atoms with Gasteiger partial charge < -0.3 is 24.8 Å². The van der Waals surface area contributed by atoms with Gasteiger partial charge in [0.15, 0.2) is 0 Å². The predicted octanol–water partition coefficient (Wildman–Crippen LogP) is 2.07. The maximum Gasteiger partial charge on any atom is 0.337 e. The van der Waals surface area contributed by atoms with Crippen molar-refractivity contribution in [3.8, 4) is 11.5 Å². The molecule has 0 saturated carbocycles. The Balaban J connectivity index is 2.11. The number of carbonyl (C=O) groups excluding carboxylic acids is 3. The van der Waals surface area contributed by atoms with Crippen LogP contribution in [0.1, 0.15) is 10.4 Å². The summed E-state index contributed by atoms with van der Waals surface area (Å²) in [6.45, 7) is 0. The molecule has 136 valence electrons. The summed E-state index contributed by atoms with van der Waals surface area (Å²) in [5.74, 6) is -1.49. The number of methoxy groups -OCH3 is 3. The van der Waals surface area contributed by atoms with Crippen LogP contribution in [0.2, 0.25) is 0 Å². The maximum atomic E-state index is 12.1. The molecule has 0 aliphatic carbocycles. The fourth-order valence-electron chi connectivity index (χ4n) is 2.12. The van der Waals surface area contributed by atoms with E-state index >= 15 is 0 Å². The summed E-state index contributed by atoms with van der Waals surface area (Å²) in [5.41, 5.74) is 0.821. The van der Waals surface area contributed by atoms with Crippen molar-refractivity contribution in [2.75, 3.05) is 32.0 Å². The lowest BCUT2D eigenvalue weighted by Gasteiger charge is -2.12. The lowest BCUT2D eigenvalue weighted by molar-refractivity contribution is -0.133. The highest BCUT2D eigenvalue weighted by Crippen LogP contribution is 2.28. The van der Waals surface area contributed by atoms with E-state index in [1.807, 2.05) is 0 Å². The van der Waals surface area contributed by atoms with Gasteiger partial charge in [-0.05, 0) is 30.3 Å². The molecule has 0 spiro atoms. The molecule has 2 aromatic rings. The van der Waals surface area contributed by atoms with Crippen molar-refractivity contribution in [1.82, 2.24) is 0 Å². The SMILES string of the molecule is COC(=O)c1cccc(NC(=O)C(=O)Nc2cc(OC)ccc2OC)c1. The molecule has 0 saturated heterocycles. The topological polar surface area (TPSA) is 103 Å². The minimum absolute atomic E-state index is 0.250. The average molecular weight is 358 g/mol. The van der Waals surface area contributed by atoms with Crippen LogP contribution in [-0.2, 0) is 14.3 Å². The van der Waals surface area contributed by atoms with Gasteiger partial charge in [-0.1, -0.05) is 6.07 Å². The molecule has 2 amide bonds. The number of rotatable bonds is 5. The first-order valence-corrected chi connectivity index (χ1v) is 7.51. The molecule has 0 aliphatic heterocycles. The molecule has 0 radical (unpaired) electrons. The van der Waals surface area contributed by atoms with Gasteiger partial charge >= 0.3 is 17.8 Å². The van der Waals surface area contributed by atoms with Crippen LogP contribution in [0.4, 0.5) is 11.4 Å². The Morgan fingerprint density at radius 2 is 1.58 bits per heavy atom. The van der Waals surface area contributed by atoms with Crippen LogP contribution in [0.3, 0.4) is 0 Å². The molecular weight excluding hydrogens is 340 g/mol. The molecule has 0 bridgehead atoms. The first kappa shape index (κ1) is 18.8. The second kappa shape index (κ2) is 8.52. The number of hydrogen-bond acceptors (Lipinski definition) is 6. The zero-order chi connectivity index (χ0) is 19.1. The minimum atomic E-state index is -0.906. The van der Waals surface area contributed by atoms with Crippen molar-refractivity contribution in [1.29, 1.82) is 0 Å². The van der Waals surface area contributed by atoms with E-state index in [0.717, 1.165) is 0 Å². The number of ether oxygens (including phenoxy) is 3. The summed E-state index contributed by atoms with van der Waals surface area (Å²) < 4.78 is 14.8. The summed E-state index contributed by atoms with van der Waals surface area (Å²) in [6, 6.07) is 10.8. The molecule has 0 heterocycles. The van der Waals surface area contributed by atoms with Crippen LogP contribution >= 0.6 is 0 Å². The fraction of sp³-hybridized carbons (Fsp3) is 0.167. The second-order valence-corrected chi connectivity index (χ2v) is 5.05. The Hall–Kier alpha value is -3.55. The summed E-state index contributed by atoms with van der Waals surface area (Å²) in [4.78, 5) is 35.8. The van der Waals surface area contributed by atoms with Crippen molar-refractivity contribution in [2.45, 2.75) is 0 Å². The molecule has 26 heavy (non-hydrogen) atoms. The maximum absolute atomic E-state index is 12.1. The molecule has 0 unspecified atom stereocenters. The highest BCUT2D eigenvalue weighted by atomic mass is 16.5. The number of nitrogens with one attached hydrogen (secondary N) is 2. The summed E-state index contributed by atoms with van der Waals surface area (Å²) in [6.07, 6.45) is 0. The van der Waals surface area contributed by atoms with Crippen molar-refractivity contribution in [3.05, 3.63) is 48.0 Å². The van der Waals surface area contributed by atoms with E-state index in [0.29, 0.717) is 11.5 Å². The first-order valence-electron chi connectivity index (χ1n) is 7.51. The quantitative estimate of drug-likeness (QED) is 0.626. The number of carbonyl (C=O) groups is 3. The van der Waals surface area contributed by atoms with E-state index in [9.17, 15) is 14.4 Å². The lowest BCUT2D eigenvalue weighted by atomic mass is 10.2. The van der Waals surface area contributed by atoms with Crippen LogP contribution in [0, 0.1) is 0 Å². The molecule has 2 aromatic carbocycles. The molecule has 2 rings (SSSR count). The highest BCUT2D eigenvalue weighted by Gasteiger charge is 2.17. The number of benzene rings is 2. The van der Waals surface area contributed by atoms with E-state index in [-0.39, 0.29) is 16.9 Å². The third kappa shape index (κ3) is 4.50. The van der Waals surface area contributed by atoms with E-state index < -0.39 is 17.8 Å². The number of anilines is 2. The van der Waals surface area contributed by atoms with Crippen molar-refractivity contribution >= 4 is 29.2 Å². The summed E-state index contributed by atoms with van der Waals surface area (Å²) in [5, 5.41) is 4.87. The highest BCUT2D eigenvalue weighted by molar-refractivity contribution is 6.43. The van der Waals surface area contributed by atoms with Crippen molar-refractivity contribution < 1.29 is 28.6 Å². The van der Waals surface area contributed by atoms with Gasteiger partial charge in [0, 0.05) is 11.8 Å². The molecule has 8 nitrogen and oxygen atoms in total. The molecule has 8 heteroatoms. The van der Waals surface area contributed by atoms with E-state index in [1.54, 1.807) is 24.3 Å². The van der Waals surface area contributed by atoms with E-state index in [4.69, 9.17) is 9.47 Å². The number of esters is 1. The van der Waals surface area contributed by atoms with Gasteiger partial charge in [0.2, 0.25) is 0 Å². The van der Waals surface area contributed by atoms with Gasteiger partial charge in [0.25, 0.3) is 0 Å². The zero-order valence-corrected chi connectivity index (χ0v) is 14.5. The number of amides is 2. The van der Waals surface area contributed by atoms with Crippen molar-refractivity contribution in [2.24, 2.45) is 0 Å². The van der Waals surface area contributed by atoms with Crippen molar-refractivity contribution in [3.63, 3.8) is 0 Å².